The second kappa shape index (κ2) is 10.0. The van der Waals surface area contributed by atoms with Crippen LogP contribution in [0.2, 0.25) is 0 Å². The van der Waals surface area contributed by atoms with Gasteiger partial charge < -0.3 is 5.32 Å². The summed E-state index contributed by atoms with van der Waals surface area (Å²) in [6.45, 7) is 1.27. The molecule has 0 fully saturated rings. The Morgan fingerprint density at radius 3 is 2.27 bits per heavy atom. The molecule has 1 nitrogen and oxygen atoms in total. The molecule has 0 saturated carbocycles. The molecule has 1 N–H and O–H groups in total. The molecular weight excluding hydrogens is 338 g/mol. The third kappa shape index (κ3) is 14.8. The first kappa shape index (κ1) is 15.8. The zero-order chi connectivity index (χ0) is 11.6. The first-order chi connectivity index (χ1) is 7.06. The number of thioether (sulfide) groups is 1. The second-order valence-electron chi connectivity index (χ2n) is 3.15. The van der Waals surface area contributed by atoms with E-state index in [1.165, 1.54) is 23.7 Å². The van der Waals surface area contributed by atoms with Gasteiger partial charge in [-0.15, -0.1) is 0 Å². The number of nitrogens with one attached hydrogen (secondary N) is 1. The van der Waals surface area contributed by atoms with Gasteiger partial charge in [0.15, 0.2) is 0 Å². The molecule has 0 aliphatic carbocycles. The second-order valence-corrected chi connectivity index (χ2v) is 5.39. The van der Waals surface area contributed by atoms with Gasteiger partial charge in [0.1, 0.15) is 0 Å². The first-order valence-corrected chi connectivity index (χ1v) is 7.55. The highest BCUT2D eigenvalue weighted by molar-refractivity contribution is 14.1. The summed E-state index contributed by atoms with van der Waals surface area (Å²) in [7, 11) is 0. The molecule has 0 bridgehead atoms. The molecular formula is C9H17F3INS. The van der Waals surface area contributed by atoms with Crippen molar-refractivity contribution in [2.45, 2.75) is 31.2 Å². The number of hydrogen-bond donors (Lipinski definition) is 1. The Labute approximate surface area is 107 Å². The van der Waals surface area contributed by atoms with Crippen molar-refractivity contribution in [2.24, 2.45) is 0 Å². The van der Waals surface area contributed by atoms with E-state index in [1.54, 1.807) is 0 Å². The Hall–Kier alpha value is 0.830. The van der Waals surface area contributed by atoms with E-state index < -0.39 is 5.51 Å². The van der Waals surface area contributed by atoms with E-state index in [2.05, 4.69) is 27.9 Å². The molecule has 0 unspecified atom stereocenters. The van der Waals surface area contributed by atoms with Gasteiger partial charge in [-0.25, -0.2) is 0 Å². The lowest BCUT2D eigenvalue weighted by molar-refractivity contribution is -0.0327. The number of halogens is 4. The van der Waals surface area contributed by atoms with Crippen LogP contribution < -0.4 is 5.32 Å². The Bertz CT molecular complexity index is 144. The van der Waals surface area contributed by atoms with Gasteiger partial charge in [0.25, 0.3) is 0 Å². The van der Waals surface area contributed by atoms with Crippen LogP contribution in [-0.4, -0.2) is 28.8 Å². The fourth-order valence-corrected chi connectivity index (χ4v) is 2.08. The largest absolute Gasteiger partial charge is 0.441 e. The summed E-state index contributed by atoms with van der Waals surface area (Å²) in [6.07, 6.45) is 4.70. The van der Waals surface area contributed by atoms with Crippen molar-refractivity contribution in [2.75, 3.05) is 23.3 Å². The third-order valence-corrected chi connectivity index (χ3v) is 3.28. The van der Waals surface area contributed by atoms with E-state index in [0.29, 0.717) is 6.54 Å². The lowest BCUT2D eigenvalue weighted by atomic mass is 10.2. The van der Waals surface area contributed by atoms with E-state index >= 15 is 0 Å². The minimum absolute atomic E-state index is 0.0420. The minimum Gasteiger partial charge on any atom is -0.316 e. The van der Waals surface area contributed by atoms with Crippen LogP contribution in [0.15, 0.2) is 0 Å². The first-order valence-electron chi connectivity index (χ1n) is 5.03. The van der Waals surface area contributed by atoms with Gasteiger partial charge in [-0.1, -0.05) is 35.4 Å². The molecule has 92 valence electrons. The Balaban J connectivity index is 2.99. The minimum atomic E-state index is -4.08. The molecule has 0 spiro atoms. The molecule has 0 aromatic carbocycles. The highest BCUT2D eigenvalue weighted by Gasteiger charge is 2.27. The Morgan fingerprint density at radius 1 is 1.00 bits per heavy atom. The number of unbranched alkanes of at least 4 members (excludes halogenated alkanes) is 3. The number of alkyl halides is 4. The summed E-state index contributed by atoms with van der Waals surface area (Å²) >= 11 is 2.39. The monoisotopic (exact) mass is 355 g/mol. The summed E-state index contributed by atoms with van der Waals surface area (Å²) in [5.41, 5.74) is -4.08. The van der Waals surface area contributed by atoms with Crippen LogP contribution in [0, 0.1) is 0 Å². The quantitative estimate of drug-likeness (QED) is 0.383. The van der Waals surface area contributed by atoms with Gasteiger partial charge in [0.05, 0.1) is 0 Å². The molecule has 0 aliphatic heterocycles. The topological polar surface area (TPSA) is 12.0 Å². The smallest absolute Gasteiger partial charge is 0.316 e. The van der Waals surface area contributed by atoms with Crippen molar-refractivity contribution >= 4 is 34.4 Å². The van der Waals surface area contributed by atoms with Crippen LogP contribution in [0.25, 0.3) is 0 Å². The zero-order valence-electron chi connectivity index (χ0n) is 8.58. The molecule has 0 aromatic heterocycles. The molecule has 0 saturated heterocycles. The molecule has 0 radical (unpaired) electrons. The fraction of sp³-hybridized carbons (Fsp3) is 1.00. The van der Waals surface area contributed by atoms with Crippen LogP contribution in [-0.2, 0) is 0 Å². The van der Waals surface area contributed by atoms with E-state index in [0.717, 1.165) is 13.0 Å². The summed E-state index contributed by atoms with van der Waals surface area (Å²) in [5.74, 6) is 0.108. The fourth-order valence-electron chi connectivity index (χ4n) is 1.06. The van der Waals surface area contributed by atoms with Crippen LogP contribution in [0.4, 0.5) is 13.2 Å². The molecule has 0 heterocycles. The van der Waals surface area contributed by atoms with Crippen molar-refractivity contribution in [3.05, 3.63) is 0 Å². The average Bonchev–Trinajstić information content (AvgIpc) is 2.14. The van der Waals surface area contributed by atoms with Gasteiger partial charge in [-0.3, -0.25) is 0 Å². The molecule has 0 amide bonds. The van der Waals surface area contributed by atoms with Gasteiger partial charge in [-0.05, 0) is 35.6 Å². The molecule has 15 heavy (non-hydrogen) atoms. The molecule has 6 heteroatoms. The van der Waals surface area contributed by atoms with Crippen molar-refractivity contribution < 1.29 is 13.2 Å². The number of rotatable bonds is 9. The Kier molecular flexibility index (Phi) is 10.6. The van der Waals surface area contributed by atoms with E-state index in [-0.39, 0.29) is 17.5 Å². The average molecular weight is 355 g/mol. The highest BCUT2D eigenvalue weighted by Crippen LogP contribution is 2.29. The standard InChI is InChI=1S/C9H17F3INS/c10-9(11,12)15-8-7-14-6-4-2-1-3-5-13/h14H,1-8H2. The summed E-state index contributed by atoms with van der Waals surface area (Å²) in [5, 5.41) is 3.01. The molecule has 0 aromatic rings. The molecule has 0 aliphatic rings. The van der Waals surface area contributed by atoms with E-state index in [9.17, 15) is 13.2 Å². The van der Waals surface area contributed by atoms with Gasteiger partial charge in [0.2, 0.25) is 0 Å². The lowest BCUT2D eigenvalue weighted by Gasteiger charge is -2.06. The molecule has 0 atom stereocenters. The summed E-state index contributed by atoms with van der Waals surface area (Å²) in [4.78, 5) is 0. The van der Waals surface area contributed by atoms with E-state index in [1.807, 2.05) is 0 Å². The van der Waals surface area contributed by atoms with Crippen LogP contribution >= 0.6 is 34.4 Å². The predicted molar refractivity (Wildman–Crippen MR) is 68.7 cm³/mol. The van der Waals surface area contributed by atoms with Crippen LogP contribution in [0.3, 0.4) is 0 Å². The van der Waals surface area contributed by atoms with Crippen LogP contribution in [0.5, 0.6) is 0 Å². The summed E-state index contributed by atoms with van der Waals surface area (Å²) < 4.78 is 36.3. The maximum Gasteiger partial charge on any atom is 0.441 e. The van der Waals surface area contributed by atoms with Gasteiger partial charge >= 0.3 is 5.51 Å². The van der Waals surface area contributed by atoms with Gasteiger partial charge in [-0.2, -0.15) is 13.2 Å². The van der Waals surface area contributed by atoms with Crippen molar-refractivity contribution in [3.63, 3.8) is 0 Å². The highest BCUT2D eigenvalue weighted by atomic mass is 127. The maximum absolute atomic E-state index is 11.7. The zero-order valence-corrected chi connectivity index (χ0v) is 11.6. The lowest BCUT2D eigenvalue weighted by Crippen LogP contribution is -2.19. The van der Waals surface area contributed by atoms with E-state index in [4.69, 9.17) is 0 Å². The normalized spacial score (nSPS) is 12.0. The van der Waals surface area contributed by atoms with Crippen molar-refractivity contribution in [1.29, 1.82) is 0 Å². The summed E-state index contributed by atoms with van der Waals surface area (Å²) in [6, 6.07) is 0. The third-order valence-electron chi connectivity index (χ3n) is 1.78. The predicted octanol–water partition coefficient (Wildman–Crippen LogP) is 3.82. The Morgan fingerprint density at radius 2 is 1.67 bits per heavy atom. The SMILES string of the molecule is FC(F)(F)SCCNCCCCCCI. The molecule has 0 rings (SSSR count). The van der Waals surface area contributed by atoms with Crippen molar-refractivity contribution in [3.8, 4) is 0 Å². The maximum atomic E-state index is 11.7. The van der Waals surface area contributed by atoms with Crippen molar-refractivity contribution in [1.82, 2.24) is 5.32 Å². The van der Waals surface area contributed by atoms with Gasteiger partial charge in [0, 0.05) is 12.3 Å². The number of hydrogen-bond acceptors (Lipinski definition) is 2. The van der Waals surface area contributed by atoms with Crippen LogP contribution in [0.1, 0.15) is 25.7 Å².